The molecule has 0 amide bonds. The third-order valence-corrected chi connectivity index (χ3v) is 2.28. The first-order chi connectivity index (χ1) is 8.65. The molecule has 1 aromatic carbocycles. The summed E-state index contributed by atoms with van der Waals surface area (Å²) in [6.07, 6.45) is 2.45. The van der Waals surface area contributed by atoms with Crippen molar-refractivity contribution in [2.45, 2.75) is 20.3 Å². The first kappa shape index (κ1) is 14.1. The van der Waals surface area contributed by atoms with Gasteiger partial charge in [0.15, 0.2) is 11.5 Å². The van der Waals surface area contributed by atoms with E-state index in [0.29, 0.717) is 18.1 Å². The molecule has 0 aliphatic rings. The van der Waals surface area contributed by atoms with Gasteiger partial charge in [0, 0.05) is 5.57 Å². The van der Waals surface area contributed by atoms with E-state index in [2.05, 4.69) is 0 Å². The van der Waals surface area contributed by atoms with Crippen LogP contribution >= 0.6 is 0 Å². The summed E-state index contributed by atoms with van der Waals surface area (Å²) in [6.45, 7) is 4.41. The molecule has 0 aromatic heterocycles. The molecular formula is C14H18O4. The van der Waals surface area contributed by atoms with Crippen LogP contribution in [0.2, 0.25) is 0 Å². The van der Waals surface area contributed by atoms with Gasteiger partial charge in [0.05, 0.1) is 6.61 Å². The second kappa shape index (κ2) is 7.37. The van der Waals surface area contributed by atoms with Crippen molar-refractivity contribution < 1.29 is 19.4 Å². The zero-order valence-corrected chi connectivity index (χ0v) is 10.7. The summed E-state index contributed by atoms with van der Waals surface area (Å²) in [6, 6.07) is 7.35. The number of carboxylic acids is 1. The van der Waals surface area contributed by atoms with Crippen LogP contribution in [0.5, 0.6) is 11.5 Å². The minimum atomic E-state index is -0.936. The van der Waals surface area contributed by atoms with Crippen LogP contribution in [0.1, 0.15) is 20.3 Å². The van der Waals surface area contributed by atoms with E-state index < -0.39 is 5.97 Å². The van der Waals surface area contributed by atoms with E-state index in [1.54, 1.807) is 6.07 Å². The first-order valence-corrected chi connectivity index (χ1v) is 5.89. The molecule has 0 spiro atoms. The molecule has 1 aromatic rings. The van der Waals surface area contributed by atoms with E-state index in [0.717, 1.165) is 6.42 Å². The number of carbonyl (C=O) groups is 1. The van der Waals surface area contributed by atoms with Gasteiger partial charge < -0.3 is 14.6 Å². The topological polar surface area (TPSA) is 55.8 Å². The summed E-state index contributed by atoms with van der Waals surface area (Å²) in [4.78, 5) is 10.6. The molecule has 0 unspecified atom stereocenters. The maximum absolute atomic E-state index is 10.6. The van der Waals surface area contributed by atoms with Crippen LogP contribution in [-0.4, -0.2) is 24.3 Å². The number of ether oxygens (including phenoxy) is 2. The van der Waals surface area contributed by atoms with Crippen molar-refractivity contribution in [2.75, 3.05) is 13.2 Å². The molecule has 1 rings (SSSR count). The minimum Gasteiger partial charge on any atom is -0.490 e. The average Bonchev–Trinajstić information content (AvgIpc) is 2.37. The van der Waals surface area contributed by atoms with Crippen molar-refractivity contribution in [3.63, 3.8) is 0 Å². The zero-order valence-electron chi connectivity index (χ0n) is 10.7. The van der Waals surface area contributed by atoms with Gasteiger partial charge in [-0.25, -0.2) is 4.79 Å². The number of carboxylic acid groups (broad SMARTS) is 1. The summed E-state index contributed by atoms with van der Waals surface area (Å²) < 4.78 is 11.0. The number of aliphatic carboxylic acids is 1. The molecule has 98 valence electrons. The van der Waals surface area contributed by atoms with Crippen LogP contribution < -0.4 is 9.47 Å². The van der Waals surface area contributed by atoms with Crippen molar-refractivity contribution in [1.29, 1.82) is 0 Å². The smallest absolute Gasteiger partial charge is 0.331 e. The maximum atomic E-state index is 10.6. The van der Waals surface area contributed by atoms with E-state index in [9.17, 15) is 4.79 Å². The van der Waals surface area contributed by atoms with Crippen LogP contribution in [0.25, 0.3) is 0 Å². The molecule has 0 radical (unpaired) electrons. The van der Waals surface area contributed by atoms with Gasteiger partial charge in [-0.05, 0) is 31.6 Å². The van der Waals surface area contributed by atoms with Crippen molar-refractivity contribution in [1.82, 2.24) is 0 Å². The highest BCUT2D eigenvalue weighted by Gasteiger charge is 2.03. The second-order valence-electron chi connectivity index (χ2n) is 3.80. The lowest BCUT2D eigenvalue weighted by Gasteiger charge is -2.10. The van der Waals surface area contributed by atoms with Crippen molar-refractivity contribution >= 4 is 5.97 Å². The Morgan fingerprint density at radius 2 is 1.89 bits per heavy atom. The molecule has 18 heavy (non-hydrogen) atoms. The van der Waals surface area contributed by atoms with Gasteiger partial charge in [-0.2, -0.15) is 0 Å². The fourth-order valence-corrected chi connectivity index (χ4v) is 1.24. The van der Waals surface area contributed by atoms with Crippen LogP contribution in [0.15, 0.2) is 35.9 Å². The Balaban J connectivity index is 2.61. The van der Waals surface area contributed by atoms with Crippen LogP contribution in [-0.2, 0) is 4.79 Å². The van der Waals surface area contributed by atoms with Gasteiger partial charge in [0.25, 0.3) is 0 Å². The summed E-state index contributed by atoms with van der Waals surface area (Å²) in [7, 11) is 0. The predicted octanol–water partition coefficient (Wildman–Crippen LogP) is 2.89. The highest BCUT2D eigenvalue weighted by Crippen LogP contribution is 2.26. The quantitative estimate of drug-likeness (QED) is 0.756. The summed E-state index contributed by atoms with van der Waals surface area (Å²) in [5.74, 6) is 0.371. The van der Waals surface area contributed by atoms with Gasteiger partial charge in [-0.1, -0.05) is 19.1 Å². The molecule has 0 heterocycles. The molecule has 0 aliphatic heterocycles. The van der Waals surface area contributed by atoms with Crippen molar-refractivity contribution in [3.05, 3.63) is 35.9 Å². The molecule has 0 atom stereocenters. The highest BCUT2D eigenvalue weighted by molar-refractivity contribution is 5.85. The Hall–Kier alpha value is -1.97. The van der Waals surface area contributed by atoms with Crippen molar-refractivity contribution in [3.8, 4) is 11.5 Å². The number of benzene rings is 1. The van der Waals surface area contributed by atoms with Crippen LogP contribution in [0.4, 0.5) is 0 Å². The van der Waals surface area contributed by atoms with Crippen LogP contribution in [0, 0.1) is 0 Å². The Bertz CT molecular complexity index is 424. The fraction of sp³-hybridized carbons (Fsp3) is 0.357. The summed E-state index contributed by atoms with van der Waals surface area (Å²) >= 11 is 0. The predicted molar refractivity (Wildman–Crippen MR) is 69.1 cm³/mol. The lowest BCUT2D eigenvalue weighted by Crippen LogP contribution is -2.02. The fourth-order valence-electron chi connectivity index (χ4n) is 1.24. The molecule has 0 saturated carbocycles. The number of hydrogen-bond donors (Lipinski definition) is 1. The first-order valence-electron chi connectivity index (χ1n) is 5.89. The van der Waals surface area contributed by atoms with Gasteiger partial charge in [-0.3, -0.25) is 0 Å². The maximum Gasteiger partial charge on any atom is 0.331 e. The molecule has 0 saturated heterocycles. The molecule has 4 nitrogen and oxygen atoms in total. The van der Waals surface area contributed by atoms with Gasteiger partial charge in [0.1, 0.15) is 6.61 Å². The normalized spacial score (nSPS) is 11.1. The largest absolute Gasteiger partial charge is 0.490 e. The molecule has 1 N–H and O–H groups in total. The molecule has 4 heteroatoms. The Morgan fingerprint density at radius 1 is 1.28 bits per heavy atom. The Labute approximate surface area is 107 Å². The zero-order chi connectivity index (χ0) is 13.4. The van der Waals surface area contributed by atoms with E-state index in [4.69, 9.17) is 14.6 Å². The number of hydrogen-bond acceptors (Lipinski definition) is 3. The van der Waals surface area contributed by atoms with E-state index >= 15 is 0 Å². The molecule has 0 bridgehead atoms. The average molecular weight is 250 g/mol. The summed E-state index contributed by atoms with van der Waals surface area (Å²) in [5, 5.41) is 8.70. The third-order valence-electron chi connectivity index (χ3n) is 2.28. The monoisotopic (exact) mass is 250 g/mol. The molecule has 0 aliphatic carbocycles. The van der Waals surface area contributed by atoms with Gasteiger partial charge >= 0.3 is 5.97 Å². The Kier molecular flexibility index (Phi) is 5.77. The van der Waals surface area contributed by atoms with Gasteiger partial charge in [0.2, 0.25) is 0 Å². The summed E-state index contributed by atoms with van der Waals surface area (Å²) in [5.41, 5.74) is 0.266. The van der Waals surface area contributed by atoms with E-state index in [-0.39, 0.29) is 12.2 Å². The minimum absolute atomic E-state index is 0.213. The number of para-hydroxylation sites is 2. The van der Waals surface area contributed by atoms with Crippen LogP contribution in [0.3, 0.4) is 0 Å². The molecule has 0 fully saturated rings. The lowest BCUT2D eigenvalue weighted by molar-refractivity contribution is -0.132. The van der Waals surface area contributed by atoms with Gasteiger partial charge in [-0.15, -0.1) is 0 Å². The second-order valence-corrected chi connectivity index (χ2v) is 3.80. The van der Waals surface area contributed by atoms with Crippen molar-refractivity contribution in [2.24, 2.45) is 0 Å². The molecular weight excluding hydrogens is 232 g/mol. The number of rotatable bonds is 7. The standard InChI is InChI=1S/C14H18O4/c1-3-9-17-12-6-4-5-7-13(12)18-10-8-11(2)14(15)16/h4-8H,3,9-10H2,1-2H3,(H,15,16). The highest BCUT2D eigenvalue weighted by atomic mass is 16.5. The SMILES string of the molecule is CCCOc1ccccc1OCC=C(C)C(=O)O. The third kappa shape index (κ3) is 4.49. The van der Waals surface area contributed by atoms with E-state index in [1.807, 2.05) is 25.1 Å². The lowest BCUT2D eigenvalue weighted by atomic mass is 10.3. The Morgan fingerprint density at radius 3 is 2.44 bits per heavy atom. The van der Waals surface area contributed by atoms with E-state index in [1.165, 1.54) is 13.0 Å².